The number of aliphatic hydroxyl groups is 1. The Hall–Kier alpha value is -6.30. The number of ether oxygens (including phenoxy) is 2. The Labute approximate surface area is 317 Å². The molecule has 3 amide bonds. The second-order valence-electron chi connectivity index (χ2n) is 14.0. The number of cyclic esters (lactones) is 1. The van der Waals surface area contributed by atoms with Crippen LogP contribution in [0.15, 0.2) is 140 Å². The van der Waals surface area contributed by atoms with E-state index in [1.54, 1.807) is 55.5 Å². The minimum absolute atomic E-state index is 0.00624. The predicted molar refractivity (Wildman–Crippen MR) is 202 cm³/mol. The summed E-state index contributed by atoms with van der Waals surface area (Å²) in [5, 5.41) is 23.9. The van der Waals surface area contributed by atoms with Gasteiger partial charge >= 0.3 is 18.0 Å². The van der Waals surface area contributed by atoms with Crippen LogP contribution in [0.3, 0.4) is 0 Å². The topological polar surface area (TPSA) is 146 Å². The molecule has 7 atom stereocenters. The van der Waals surface area contributed by atoms with Crippen LogP contribution in [0.1, 0.15) is 59.0 Å². The molecule has 0 radical (unpaired) electrons. The fraction of sp³-hybridized carbons (Fsp3) is 0.227. The molecule has 8 rings (SSSR count). The number of carboxylic acids is 1. The number of para-hydroxylation sites is 1. The molecule has 278 valence electrons. The third kappa shape index (κ3) is 5.83. The van der Waals surface area contributed by atoms with Gasteiger partial charge < -0.3 is 25.0 Å². The first-order valence-electron chi connectivity index (χ1n) is 18.2. The number of amides is 3. The number of rotatable bonds is 9. The molecule has 1 spiro atoms. The Kier molecular flexibility index (Phi) is 9.42. The first kappa shape index (κ1) is 35.7. The quantitative estimate of drug-likeness (QED) is 0.149. The highest BCUT2D eigenvalue weighted by molar-refractivity contribution is 6.24. The minimum Gasteiger partial charge on any atom is -0.491 e. The molecule has 0 aromatic heterocycles. The van der Waals surface area contributed by atoms with Gasteiger partial charge in [0.05, 0.1) is 30.4 Å². The minimum atomic E-state index is -2.02. The van der Waals surface area contributed by atoms with Gasteiger partial charge in [-0.05, 0) is 52.9 Å². The number of nitrogens with one attached hydrogen (secondary N) is 1. The van der Waals surface area contributed by atoms with Gasteiger partial charge in [-0.3, -0.25) is 19.3 Å². The lowest BCUT2D eigenvalue weighted by molar-refractivity contribution is -0.179. The number of morpholine rings is 1. The lowest BCUT2D eigenvalue weighted by atomic mass is 9.65. The number of urea groups is 1. The van der Waals surface area contributed by atoms with Crippen molar-refractivity contribution in [1.29, 1.82) is 0 Å². The number of nitrogens with zero attached hydrogens (tertiary/aromatic N) is 2. The SMILES string of the molecule is CC(NC(=O)N1C(=O)C2(c3ccccc31)C(C(=O)O)C1C(=O)OC(c3ccccc3)C(c3ccccc3)N1C2c1cccc(OCCO)c1)c1ccccc1. The molecule has 3 aliphatic rings. The van der Waals surface area contributed by atoms with Gasteiger partial charge in [-0.15, -0.1) is 0 Å². The van der Waals surface area contributed by atoms with Gasteiger partial charge in [-0.25, -0.2) is 9.69 Å². The normalized spacial score (nSPS) is 24.8. The van der Waals surface area contributed by atoms with Crippen molar-refractivity contribution >= 4 is 29.6 Å². The fourth-order valence-corrected chi connectivity index (χ4v) is 8.86. The zero-order chi connectivity index (χ0) is 38.3. The third-order valence-corrected chi connectivity index (χ3v) is 11.0. The van der Waals surface area contributed by atoms with Crippen LogP contribution in [0.4, 0.5) is 10.5 Å². The molecule has 7 unspecified atom stereocenters. The maximum atomic E-state index is 15.7. The standard InChI is InChI=1S/C44H39N3O8/c1-27(28-14-5-2-6-15-28)45-43(53)46-34-23-12-11-22-33(34)44(42(46)52)35(40(49)50)37-41(51)55-38(30-18-9-4-10-19-30)36(29-16-7-3-8-17-29)47(37)39(44)31-20-13-21-32(26-31)54-25-24-48/h2-23,26-27,35-39,48H,24-25H2,1H3,(H,45,53)(H,49,50). The molecule has 3 heterocycles. The second kappa shape index (κ2) is 14.5. The van der Waals surface area contributed by atoms with E-state index >= 15 is 4.79 Å². The lowest BCUT2D eigenvalue weighted by Gasteiger charge is -2.46. The van der Waals surface area contributed by atoms with Gasteiger partial charge in [0.25, 0.3) is 0 Å². The van der Waals surface area contributed by atoms with Crippen LogP contribution in [0.5, 0.6) is 5.75 Å². The number of hydrogen-bond acceptors (Lipinski definition) is 8. The van der Waals surface area contributed by atoms with Gasteiger partial charge in [0.2, 0.25) is 5.91 Å². The van der Waals surface area contributed by atoms with Gasteiger partial charge in [0.15, 0.2) is 0 Å². The molecule has 0 saturated carbocycles. The first-order valence-corrected chi connectivity index (χ1v) is 18.2. The molecular weight excluding hydrogens is 698 g/mol. The number of aliphatic carboxylic acids is 1. The van der Waals surface area contributed by atoms with Crippen molar-refractivity contribution < 1.29 is 38.9 Å². The molecule has 5 aromatic rings. The van der Waals surface area contributed by atoms with Crippen LogP contribution in [0.2, 0.25) is 0 Å². The van der Waals surface area contributed by atoms with E-state index in [2.05, 4.69) is 5.32 Å². The second-order valence-corrected chi connectivity index (χ2v) is 14.0. The van der Waals surface area contributed by atoms with Crippen LogP contribution in [-0.2, 0) is 24.5 Å². The highest BCUT2D eigenvalue weighted by Crippen LogP contribution is 2.65. The molecule has 0 bridgehead atoms. The summed E-state index contributed by atoms with van der Waals surface area (Å²) in [4.78, 5) is 61.6. The Morgan fingerprint density at radius 3 is 2.09 bits per heavy atom. The molecular formula is C44H39N3O8. The van der Waals surface area contributed by atoms with Crippen LogP contribution >= 0.6 is 0 Å². The summed E-state index contributed by atoms with van der Waals surface area (Å²) in [6, 6.07) is 36.9. The number of carboxylic acid groups (broad SMARTS) is 1. The van der Waals surface area contributed by atoms with E-state index in [1.807, 2.05) is 95.9 Å². The van der Waals surface area contributed by atoms with Crippen molar-refractivity contribution in [3.63, 3.8) is 0 Å². The molecule has 2 saturated heterocycles. The average Bonchev–Trinajstić information content (AvgIpc) is 3.68. The van der Waals surface area contributed by atoms with Crippen molar-refractivity contribution in [1.82, 2.24) is 10.2 Å². The molecule has 0 aliphatic carbocycles. The third-order valence-electron chi connectivity index (χ3n) is 11.0. The number of fused-ring (bicyclic) bond motifs is 3. The fourth-order valence-electron chi connectivity index (χ4n) is 8.86. The first-order chi connectivity index (χ1) is 26.8. The summed E-state index contributed by atoms with van der Waals surface area (Å²) in [6.07, 6.45) is -0.897. The van der Waals surface area contributed by atoms with E-state index in [9.17, 15) is 24.6 Å². The maximum Gasteiger partial charge on any atom is 0.329 e. The van der Waals surface area contributed by atoms with E-state index < -0.39 is 65.5 Å². The lowest BCUT2D eigenvalue weighted by Crippen LogP contribution is -2.54. The number of imide groups is 1. The summed E-state index contributed by atoms with van der Waals surface area (Å²) in [5.74, 6) is -4.30. The van der Waals surface area contributed by atoms with Crippen molar-refractivity contribution in [2.45, 2.75) is 42.6 Å². The Morgan fingerprint density at radius 2 is 1.42 bits per heavy atom. The molecule has 11 nitrogen and oxygen atoms in total. The van der Waals surface area contributed by atoms with E-state index in [-0.39, 0.29) is 18.9 Å². The van der Waals surface area contributed by atoms with Crippen molar-refractivity contribution in [2.75, 3.05) is 18.1 Å². The number of hydrogen-bond donors (Lipinski definition) is 3. The molecule has 55 heavy (non-hydrogen) atoms. The number of aliphatic hydroxyl groups excluding tert-OH is 1. The Morgan fingerprint density at radius 1 is 0.800 bits per heavy atom. The van der Waals surface area contributed by atoms with E-state index in [0.29, 0.717) is 22.4 Å². The predicted octanol–water partition coefficient (Wildman–Crippen LogP) is 6.28. The number of carbonyl (C=O) groups excluding carboxylic acids is 3. The Balaban J connectivity index is 1.38. The van der Waals surface area contributed by atoms with E-state index in [4.69, 9.17) is 9.47 Å². The zero-order valence-electron chi connectivity index (χ0n) is 29.9. The highest BCUT2D eigenvalue weighted by Gasteiger charge is 2.75. The smallest absolute Gasteiger partial charge is 0.329 e. The van der Waals surface area contributed by atoms with Crippen molar-refractivity contribution in [2.24, 2.45) is 5.92 Å². The van der Waals surface area contributed by atoms with Crippen LogP contribution in [0.25, 0.3) is 0 Å². The molecule has 11 heteroatoms. The summed E-state index contributed by atoms with van der Waals surface area (Å²) in [7, 11) is 0. The van der Waals surface area contributed by atoms with Crippen molar-refractivity contribution in [3.05, 3.63) is 167 Å². The monoisotopic (exact) mass is 737 g/mol. The summed E-state index contributed by atoms with van der Waals surface area (Å²) in [5.41, 5.74) is 1.21. The van der Waals surface area contributed by atoms with Crippen LogP contribution in [-0.4, -0.2) is 58.2 Å². The van der Waals surface area contributed by atoms with Gasteiger partial charge in [-0.1, -0.05) is 121 Å². The van der Waals surface area contributed by atoms with Gasteiger partial charge in [0.1, 0.15) is 35.8 Å². The maximum absolute atomic E-state index is 15.7. The van der Waals surface area contributed by atoms with E-state index in [0.717, 1.165) is 16.0 Å². The van der Waals surface area contributed by atoms with Crippen molar-refractivity contribution in [3.8, 4) is 5.75 Å². The number of benzene rings is 5. The van der Waals surface area contributed by atoms with Gasteiger partial charge in [0, 0.05) is 0 Å². The van der Waals surface area contributed by atoms with Gasteiger partial charge in [-0.2, -0.15) is 0 Å². The van der Waals surface area contributed by atoms with Crippen LogP contribution in [0, 0.1) is 5.92 Å². The highest BCUT2D eigenvalue weighted by atomic mass is 16.6. The van der Waals surface area contributed by atoms with E-state index in [1.165, 1.54) is 0 Å². The average molecular weight is 738 g/mol. The molecule has 3 aliphatic heterocycles. The molecule has 3 N–H and O–H groups in total. The zero-order valence-corrected chi connectivity index (χ0v) is 29.9. The number of anilines is 1. The molecule has 2 fully saturated rings. The largest absolute Gasteiger partial charge is 0.491 e. The summed E-state index contributed by atoms with van der Waals surface area (Å²) < 4.78 is 12.1. The molecule has 5 aromatic carbocycles. The number of esters is 1. The summed E-state index contributed by atoms with van der Waals surface area (Å²) in [6.45, 7) is 1.55. The number of carbonyl (C=O) groups is 4. The van der Waals surface area contributed by atoms with Crippen LogP contribution < -0.4 is 15.0 Å². The Bertz CT molecular complexity index is 2240. The summed E-state index contributed by atoms with van der Waals surface area (Å²) >= 11 is 0.